The molecule has 2 aromatic rings. The summed E-state index contributed by atoms with van der Waals surface area (Å²) in [5, 5.41) is 5.87. The van der Waals surface area contributed by atoms with Crippen LogP contribution in [0.5, 0.6) is 17.2 Å². The molecule has 0 aliphatic carbocycles. The van der Waals surface area contributed by atoms with Crippen molar-refractivity contribution >= 4 is 17.7 Å². The molecular weight excluding hydrogens is 466 g/mol. The topological polar surface area (TPSA) is 115 Å². The van der Waals surface area contributed by atoms with Crippen LogP contribution in [0.15, 0.2) is 42.5 Å². The maximum atomic E-state index is 12.8. The summed E-state index contributed by atoms with van der Waals surface area (Å²) in [6.07, 6.45) is 0.312. The Morgan fingerprint density at radius 1 is 1.03 bits per heavy atom. The molecule has 36 heavy (non-hydrogen) atoms. The van der Waals surface area contributed by atoms with Gasteiger partial charge in [-0.2, -0.15) is 0 Å². The van der Waals surface area contributed by atoms with Gasteiger partial charge in [0.25, 0.3) is 5.91 Å². The number of methoxy groups -OCH3 is 2. The molecule has 2 N–H and O–H groups in total. The van der Waals surface area contributed by atoms with Crippen molar-refractivity contribution in [3.05, 3.63) is 53.6 Å². The summed E-state index contributed by atoms with van der Waals surface area (Å²) in [7, 11) is 3.00. The SMILES string of the molecule is COCC(=O)N1C[C@@H]2NC(=O)CCc3ccc(c(OC)c3)OCC(=O)NCc3ccc(cc3)O[C@H]2C1. The van der Waals surface area contributed by atoms with E-state index in [9.17, 15) is 14.4 Å². The lowest BCUT2D eigenvalue weighted by Gasteiger charge is -2.21. The van der Waals surface area contributed by atoms with Gasteiger partial charge in [-0.1, -0.05) is 18.2 Å². The molecule has 2 atom stereocenters. The van der Waals surface area contributed by atoms with Crippen molar-refractivity contribution in [1.29, 1.82) is 0 Å². The molecule has 0 spiro atoms. The number of carbonyl (C=O) groups is 3. The highest BCUT2D eigenvalue weighted by Crippen LogP contribution is 2.28. The first-order valence-corrected chi connectivity index (χ1v) is 11.8. The zero-order valence-electron chi connectivity index (χ0n) is 20.5. The van der Waals surface area contributed by atoms with Gasteiger partial charge in [-0.15, -0.1) is 0 Å². The van der Waals surface area contributed by atoms with E-state index in [1.807, 2.05) is 18.2 Å². The molecule has 0 unspecified atom stereocenters. The van der Waals surface area contributed by atoms with Crippen molar-refractivity contribution in [1.82, 2.24) is 15.5 Å². The average molecular weight is 498 g/mol. The average Bonchev–Trinajstić information content (AvgIpc) is 3.27. The van der Waals surface area contributed by atoms with Crippen molar-refractivity contribution in [2.24, 2.45) is 0 Å². The summed E-state index contributed by atoms with van der Waals surface area (Å²) >= 11 is 0. The standard InChI is InChI=1S/C26H31N3O7/c1-33-16-26(32)29-13-20-23(14-29)36-19-7-3-18(4-8-19)12-27-25(31)15-35-21-9-5-17(11-22(21)34-2)6-10-24(30)28-20/h3-5,7-9,11,20,23H,6,10,12-16H2,1-2H3,(H,27,31)(H,28,30)/t20-,23-/m0/s1. The Morgan fingerprint density at radius 3 is 2.56 bits per heavy atom. The summed E-state index contributed by atoms with van der Waals surface area (Å²) < 4.78 is 22.2. The van der Waals surface area contributed by atoms with Gasteiger partial charge < -0.3 is 34.5 Å². The molecule has 10 heteroatoms. The number of hydrogen-bond donors (Lipinski definition) is 2. The van der Waals surface area contributed by atoms with Gasteiger partial charge >= 0.3 is 0 Å². The Labute approximate surface area is 209 Å². The van der Waals surface area contributed by atoms with E-state index >= 15 is 0 Å². The van der Waals surface area contributed by atoms with Crippen LogP contribution in [0.4, 0.5) is 0 Å². The molecule has 1 fully saturated rings. The fourth-order valence-electron chi connectivity index (χ4n) is 4.23. The summed E-state index contributed by atoms with van der Waals surface area (Å²) in [4.78, 5) is 39.2. The second kappa shape index (κ2) is 11.8. The third-order valence-corrected chi connectivity index (χ3v) is 6.16. The van der Waals surface area contributed by atoms with Crippen molar-refractivity contribution in [2.75, 3.05) is 40.5 Å². The van der Waals surface area contributed by atoms with Crippen LogP contribution < -0.4 is 24.8 Å². The fourth-order valence-corrected chi connectivity index (χ4v) is 4.23. The highest BCUT2D eigenvalue weighted by Gasteiger charge is 2.37. The van der Waals surface area contributed by atoms with E-state index in [1.165, 1.54) is 14.2 Å². The summed E-state index contributed by atoms with van der Waals surface area (Å²) in [6, 6.07) is 12.3. The van der Waals surface area contributed by atoms with Gasteiger partial charge in [0.1, 0.15) is 18.5 Å². The number of ether oxygens (including phenoxy) is 4. The monoisotopic (exact) mass is 497 g/mol. The van der Waals surface area contributed by atoms with Crippen LogP contribution in [-0.4, -0.2) is 75.3 Å². The van der Waals surface area contributed by atoms with Gasteiger partial charge in [0.15, 0.2) is 18.1 Å². The molecule has 5 aliphatic rings. The molecule has 5 aliphatic heterocycles. The minimum absolute atomic E-state index is 0.0324. The molecule has 4 bridgehead atoms. The minimum atomic E-state index is -0.414. The smallest absolute Gasteiger partial charge is 0.258 e. The molecule has 0 aromatic heterocycles. The number of benzene rings is 2. The summed E-state index contributed by atoms with van der Waals surface area (Å²) in [5.41, 5.74) is 1.78. The molecular formula is C26H31N3O7. The van der Waals surface area contributed by atoms with E-state index in [0.29, 0.717) is 43.3 Å². The number of amides is 3. The second-order valence-corrected chi connectivity index (χ2v) is 8.76. The number of nitrogens with one attached hydrogen (secondary N) is 2. The van der Waals surface area contributed by atoms with Crippen molar-refractivity contribution in [3.8, 4) is 17.2 Å². The van der Waals surface area contributed by atoms with Crippen molar-refractivity contribution in [3.63, 3.8) is 0 Å². The molecule has 10 nitrogen and oxygen atoms in total. The molecule has 192 valence electrons. The normalized spacial score (nSPS) is 20.6. The van der Waals surface area contributed by atoms with Crippen LogP contribution in [-0.2, 0) is 32.1 Å². The van der Waals surface area contributed by atoms with Gasteiger partial charge in [-0.25, -0.2) is 0 Å². The molecule has 7 rings (SSSR count). The lowest BCUT2D eigenvalue weighted by Crippen LogP contribution is -2.45. The molecule has 1 saturated heterocycles. The zero-order chi connectivity index (χ0) is 25.5. The largest absolute Gasteiger partial charge is 0.493 e. The Balaban J connectivity index is 1.55. The van der Waals surface area contributed by atoms with Gasteiger partial charge in [0, 0.05) is 26.6 Å². The first kappa shape index (κ1) is 25.3. The van der Waals surface area contributed by atoms with Crippen LogP contribution in [0.2, 0.25) is 0 Å². The van der Waals surface area contributed by atoms with E-state index in [1.54, 1.807) is 29.2 Å². The Morgan fingerprint density at radius 2 is 1.81 bits per heavy atom. The van der Waals surface area contributed by atoms with Crippen molar-refractivity contribution in [2.45, 2.75) is 31.5 Å². The van der Waals surface area contributed by atoms with E-state index < -0.39 is 6.10 Å². The van der Waals surface area contributed by atoms with Crippen LogP contribution in [0.1, 0.15) is 17.5 Å². The second-order valence-electron chi connectivity index (χ2n) is 8.76. The van der Waals surface area contributed by atoms with Crippen LogP contribution in [0.25, 0.3) is 0 Å². The Kier molecular flexibility index (Phi) is 8.27. The lowest BCUT2D eigenvalue weighted by atomic mass is 10.1. The molecule has 5 heterocycles. The van der Waals surface area contributed by atoms with Gasteiger partial charge in [-0.05, 0) is 41.8 Å². The molecule has 2 aromatic carbocycles. The number of hydrogen-bond acceptors (Lipinski definition) is 7. The quantitative estimate of drug-likeness (QED) is 0.652. The zero-order valence-corrected chi connectivity index (χ0v) is 20.5. The van der Waals surface area contributed by atoms with Gasteiger partial charge in [0.05, 0.1) is 19.7 Å². The third kappa shape index (κ3) is 6.45. The first-order chi connectivity index (χ1) is 17.4. The maximum Gasteiger partial charge on any atom is 0.258 e. The molecule has 0 radical (unpaired) electrons. The van der Waals surface area contributed by atoms with Gasteiger partial charge in [-0.3, -0.25) is 14.4 Å². The molecule has 0 saturated carbocycles. The van der Waals surface area contributed by atoms with Crippen LogP contribution in [0.3, 0.4) is 0 Å². The van der Waals surface area contributed by atoms with Crippen LogP contribution >= 0.6 is 0 Å². The predicted octanol–water partition coefficient (Wildman–Crippen LogP) is 1.06. The number of likely N-dealkylation sites (tertiary alicyclic amines) is 1. The van der Waals surface area contributed by atoms with E-state index in [4.69, 9.17) is 18.9 Å². The fraction of sp³-hybridized carbons (Fsp3) is 0.423. The highest BCUT2D eigenvalue weighted by molar-refractivity contribution is 5.79. The van der Waals surface area contributed by atoms with E-state index in [0.717, 1.165) is 11.1 Å². The third-order valence-electron chi connectivity index (χ3n) is 6.16. The minimum Gasteiger partial charge on any atom is -0.493 e. The maximum absolute atomic E-state index is 12.8. The number of rotatable bonds is 3. The summed E-state index contributed by atoms with van der Waals surface area (Å²) in [5.74, 6) is 0.986. The Hall–Kier alpha value is -3.79. The predicted molar refractivity (Wildman–Crippen MR) is 130 cm³/mol. The molecule has 3 amide bonds. The Bertz CT molecular complexity index is 1090. The first-order valence-electron chi connectivity index (χ1n) is 11.8. The van der Waals surface area contributed by atoms with Gasteiger partial charge in [0.2, 0.25) is 11.8 Å². The summed E-state index contributed by atoms with van der Waals surface area (Å²) in [6.45, 7) is 0.822. The highest BCUT2D eigenvalue weighted by atomic mass is 16.5. The number of nitrogens with zero attached hydrogens (tertiary/aromatic N) is 1. The van der Waals surface area contributed by atoms with E-state index in [-0.39, 0.29) is 43.4 Å². The lowest BCUT2D eigenvalue weighted by molar-refractivity contribution is -0.134. The van der Waals surface area contributed by atoms with E-state index in [2.05, 4.69) is 10.6 Å². The number of carbonyl (C=O) groups excluding carboxylic acids is 3. The van der Waals surface area contributed by atoms with Crippen LogP contribution in [0, 0.1) is 0 Å². The van der Waals surface area contributed by atoms with Crippen molar-refractivity contribution < 1.29 is 33.3 Å². The number of aryl methyl sites for hydroxylation is 1.